The Hall–Kier alpha value is -1.10. The zero-order valence-electron chi connectivity index (χ0n) is 10.7. The first-order valence-electron chi connectivity index (χ1n) is 6.16. The van der Waals surface area contributed by atoms with E-state index in [0.29, 0.717) is 18.5 Å². The Bertz CT molecular complexity index is 606. The monoisotopic (exact) mass is 357 g/mol. The molecule has 0 aliphatic heterocycles. The third kappa shape index (κ3) is 3.51. The van der Waals surface area contributed by atoms with Gasteiger partial charge in [0.15, 0.2) is 0 Å². The third-order valence-electron chi connectivity index (χ3n) is 2.87. The van der Waals surface area contributed by atoms with Crippen LogP contribution in [-0.2, 0) is 13.0 Å². The molecule has 0 bridgehead atoms. The molecule has 106 valence electrons. The minimum absolute atomic E-state index is 0.0972. The molecule has 2 aromatic rings. The molecule has 0 atom stereocenters. The van der Waals surface area contributed by atoms with Gasteiger partial charge in [-0.15, -0.1) is 0 Å². The van der Waals surface area contributed by atoms with E-state index in [9.17, 15) is 4.39 Å². The highest BCUT2D eigenvalue weighted by molar-refractivity contribution is 9.10. The fraction of sp³-hybridized carbons (Fsp3) is 0.200. The molecule has 0 spiro atoms. The lowest BCUT2D eigenvalue weighted by Gasteiger charge is -2.13. The Morgan fingerprint density at radius 2 is 1.85 bits per heavy atom. The molecule has 2 nitrogen and oxygen atoms in total. The largest absolute Gasteiger partial charge is 0.487 e. The standard InChI is InChI=1S/C15H14BrClFNO/c16-12-5-1-3-10(7-8-19)15(12)20-9-11-4-2-6-13(18)14(11)17/h1-6H,7-9,19H2. The molecule has 0 aromatic heterocycles. The first-order valence-corrected chi connectivity index (χ1v) is 7.33. The lowest BCUT2D eigenvalue weighted by molar-refractivity contribution is 0.300. The van der Waals surface area contributed by atoms with Gasteiger partial charge in [-0.05, 0) is 46.6 Å². The normalized spacial score (nSPS) is 10.6. The summed E-state index contributed by atoms with van der Waals surface area (Å²) >= 11 is 9.36. The highest BCUT2D eigenvalue weighted by atomic mass is 79.9. The van der Waals surface area contributed by atoms with Crippen molar-refractivity contribution in [1.29, 1.82) is 0 Å². The predicted octanol–water partition coefficient (Wildman–Crippen LogP) is 4.32. The summed E-state index contributed by atoms with van der Waals surface area (Å²) in [5.41, 5.74) is 7.21. The van der Waals surface area contributed by atoms with Crippen molar-refractivity contribution < 1.29 is 9.13 Å². The van der Waals surface area contributed by atoms with Crippen LogP contribution in [0.4, 0.5) is 4.39 Å². The van der Waals surface area contributed by atoms with Crippen LogP contribution in [0.1, 0.15) is 11.1 Å². The maximum atomic E-state index is 13.4. The third-order valence-corrected chi connectivity index (χ3v) is 3.91. The Balaban J connectivity index is 2.20. The summed E-state index contributed by atoms with van der Waals surface area (Å²) in [5.74, 6) is 0.278. The molecule has 0 fully saturated rings. The Morgan fingerprint density at radius 3 is 2.60 bits per heavy atom. The molecule has 2 rings (SSSR count). The van der Waals surface area contributed by atoms with Gasteiger partial charge in [0.1, 0.15) is 18.2 Å². The van der Waals surface area contributed by atoms with E-state index in [1.165, 1.54) is 6.07 Å². The lowest BCUT2D eigenvalue weighted by Crippen LogP contribution is -2.06. The van der Waals surface area contributed by atoms with Crippen LogP contribution in [0.5, 0.6) is 5.75 Å². The summed E-state index contributed by atoms with van der Waals surface area (Å²) < 4.78 is 20.0. The first kappa shape index (κ1) is 15.3. The van der Waals surface area contributed by atoms with Gasteiger partial charge >= 0.3 is 0 Å². The SMILES string of the molecule is NCCc1cccc(Br)c1OCc1cccc(F)c1Cl. The average molecular weight is 359 g/mol. The van der Waals surface area contributed by atoms with Gasteiger partial charge in [0.2, 0.25) is 0 Å². The maximum absolute atomic E-state index is 13.4. The summed E-state index contributed by atoms with van der Waals surface area (Å²) in [6, 6.07) is 10.5. The van der Waals surface area contributed by atoms with Crippen molar-refractivity contribution in [3.63, 3.8) is 0 Å². The van der Waals surface area contributed by atoms with E-state index in [-0.39, 0.29) is 11.6 Å². The van der Waals surface area contributed by atoms with Gasteiger partial charge in [-0.3, -0.25) is 0 Å². The topological polar surface area (TPSA) is 35.2 Å². The Labute approximate surface area is 130 Å². The number of rotatable bonds is 5. The molecule has 0 saturated heterocycles. The van der Waals surface area contributed by atoms with Crippen LogP contribution < -0.4 is 10.5 Å². The number of hydrogen-bond acceptors (Lipinski definition) is 2. The summed E-state index contributed by atoms with van der Waals surface area (Å²) in [6.45, 7) is 0.740. The van der Waals surface area contributed by atoms with Crippen LogP contribution in [0, 0.1) is 5.82 Å². The van der Waals surface area contributed by atoms with Crippen LogP contribution in [0.3, 0.4) is 0 Å². The minimum atomic E-state index is -0.443. The number of halogens is 3. The van der Waals surface area contributed by atoms with E-state index in [4.69, 9.17) is 22.1 Å². The van der Waals surface area contributed by atoms with E-state index in [0.717, 1.165) is 15.8 Å². The zero-order chi connectivity index (χ0) is 14.5. The second kappa shape index (κ2) is 7.07. The minimum Gasteiger partial charge on any atom is -0.487 e. The first-order chi connectivity index (χ1) is 9.63. The van der Waals surface area contributed by atoms with E-state index >= 15 is 0 Å². The van der Waals surface area contributed by atoms with Gasteiger partial charge < -0.3 is 10.5 Å². The van der Waals surface area contributed by atoms with Gasteiger partial charge in [0, 0.05) is 5.56 Å². The van der Waals surface area contributed by atoms with Crippen molar-refractivity contribution in [1.82, 2.24) is 0 Å². The highest BCUT2D eigenvalue weighted by Crippen LogP contribution is 2.31. The lowest BCUT2D eigenvalue weighted by atomic mass is 10.1. The molecule has 0 radical (unpaired) electrons. The van der Waals surface area contributed by atoms with Crippen molar-refractivity contribution in [2.75, 3.05) is 6.54 Å². The molecule has 0 saturated carbocycles. The smallest absolute Gasteiger partial charge is 0.142 e. The number of para-hydroxylation sites is 1. The van der Waals surface area contributed by atoms with Gasteiger partial charge in [-0.1, -0.05) is 35.9 Å². The summed E-state index contributed by atoms with van der Waals surface area (Å²) in [6.07, 6.45) is 0.714. The molecule has 2 N–H and O–H groups in total. The van der Waals surface area contributed by atoms with Gasteiger partial charge in [-0.2, -0.15) is 0 Å². The van der Waals surface area contributed by atoms with E-state index in [1.807, 2.05) is 18.2 Å². The molecule has 0 heterocycles. The van der Waals surface area contributed by atoms with E-state index in [2.05, 4.69) is 15.9 Å². The number of benzene rings is 2. The zero-order valence-corrected chi connectivity index (χ0v) is 13.0. The summed E-state index contributed by atoms with van der Waals surface area (Å²) in [5, 5.41) is 0.0972. The molecule has 0 aliphatic carbocycles. The second-order valence-corrected chi connectivity index (χ2v) is 5.50. The van der Waals surface area contributed by atoms with Crippen LogP contribution in [-0.4, -0.2) is 6.54 Å². The van der Waals surface area contributed by atoms with Crippen LogP contribution in [0.2, 0.25) is 5.02 Å². The fourth-order valence-corrected chi connectivity index (χ4v) is 2.58. The van der Waals surface area contributed by atoms with Gasteiger partial charge in [0.25, 0.3) is 0 Å². The number of ether oxygens (including phenoxy) is 1. The molecule has 5 heteroatoms. The van der Waals surface area contributed by atoms with Crippen LogP contribution in [0.25, 0.3) is 0 Å². The molecular formula is C15H14BrClFNO. The second-order valence-electron chi connectivity index (χ2n) is 4.27. The molecule has 2 aromatic carbocycles. The fourth-order valence-electron chi connectivity index (χ4n) is 1.88. The van der Waals surface area contributed by atoms with Crippen LogP contribution >= 0.6 is 27.5 Å². The van der Waals surface area contributed by atoms with Gasteiger partial charge in [0.05, 0.1) is 9.50 Å². The highest BCUT2D eigenvalue weighted by Gasteiger charge is 2.10. The van der Waals surface area contributed by atoms with Crippen molar-refractivity contribution in [2.24, 2.45) is 5.73 Å². The Morgan fingerprint density at radius 1 is 1.15 bits per heavy atom. The number of hydrogen-bond donors (Lipinski definition) is 1. The van der Waals surface area contributed by atoms with E-state index < -0.39 is 5.82 Å². The quantitative estimate of drug-likeness (QED) is 0.864. The molecule has 0 aliphatic rings. The molecule has 0 amide bonds. The van der Waals surface area contributed by atoms with Crippen molar-refractivity contribution >= 4 is 27.5 Å². The van der Waals surface area contributed by atoms with Crippen molar-refractivity contribution in [3.05, 3.63) is 62.8 Å². The predicted molar refractivity (Wildman–Crippen MR) is 82.6 cm³/mol. The molecule has 20 heavy (non-hydrogen) atoms. The van der Waals surface area contributed by atoms with Crippen LogP contribution in [0.15, 0.2) is 40.9 Å². The van der Waals surface area contributed by atoms with Crippen molar-refractivity contribution in [2.45, 2.75) is 13.0 Å². The molecular weight excluding hydrogens is 345 g/mol. The molecule has 0 unspecified atom stereocenters. The summed E-state index contributed by atoms with van der Waals surface area (Å²) in [4.78, 5) is 0. The Kier molecular flexibility index (Phi) is 5.40. The van der Waals surface area contributed by atoms with Crippen molar-refractivity contribution in [3.8, 4) is 5.75 Å². The number of nitrogens with two attached hydrogens (primary N) is 1. The van der Waals surface area contributed by atoms with E-state index in [1.54, 1.807) is 12.1 Å². The average Bonchev–Trinajstić information content (AvgIpc) is 2.43. The summed E-state index contributed by atoms with van der Waals surface area (Å²) in [7, 11) is 0. The van der Waals surface area contributed by atoms with Gasteiger partial charge in [-0.25, -0.2) is 4.39 Å². The maximum Gasteiger partial charge on any atom is 0.142 e.